The van der Waals surface area contributed by atoms with E-state index in [4.69, 9.17) is 4.74 Å². The number of ether oxygens (including phenoxy) is 1. The second-order valence-electron chi connectivity index (χ2n) is 2.67. The molecule has 0 fully saturated rings. The number of alkyl halides is 2. The van der Waals surface area contributed by atoms with Crippen molar-refractivity contribution in [2.24, 2.45) is 0 Å². The minimum Gasteiger partial charge on any atom is -0.462 e. The molecular formula is C9H9F2NO3S. The molecule has 0 radical (unpaired) electrons. The Labute approximate surface area is 94.2 Å². The maximum atomic E-state index is 12.0. The van der Waals surface area contributed by atoms with Crippen molar-refractivity contribution in [3.05, 3.63) is 17.0 Å². The number of hydrogen-bond acceptors (Lipinski definition) is 4. The number of carbonyl (C=O) groups excluding carboxylic acids is 2. The van der Waals surface area contributed by atoms with Gasteiger partial charge >= 0.3 is 12.4 Å². The minimum absolute atomic E-state index is 0.0729. The van der Waals surface area contributed by atoms with Gasteiger partial charge in [0.15, 0.2) is 0 Å². The predicted molar refractivity (Wildman–Crippen MR) is 54.9 cm³/mol. The smallest absolute Gasteiger partial charge is 0.341 e. The lowest BCUT2D eigenvalue weighted by Crippen LogP contribution is -2.20. The Bertz CT molecular complexity index is 392. The van der Waals surface area contributed by atoms with Crippen molar-refractivity contribution in [1.82, 2.24) is 0 Å². The van der Waals surface area contributed by atoms with Crippen molar-refractivity contribution in [3.8, 4) is 0 Å². The molecule has 0 spiro atoms. The first-order valence-corrected chi connectivity index (χ1v) is 5.27. The molecule has 0 unspecified atom stereocenters. The van der Waals surface area contributed by atoms with E-state index in [2.05, 4.69) is 0 Å². The van der Waals surface area contributed by atoms with E-state index in [1.165, 1.54) is 11.4 Å². The van der Waals surface area contributed by atoms with Crippen molar-refractivity contribution in [2.45, 2.75) is 13.3 Å². The van der Waals surface area contributed by atoms with Gasteiger partial charge in [-0.2, -0.15) is 8.78 Å². The number of hydrogen-bond donors (Lipinski definition) is 1. The van der Waals surface area contributed by atoms with E-state index in [0.29, 0.717) is 0 Å². The molecule has 0 aliphatic rings. The first kappa shape index (κ1) is 12.6. The minimum atomic E-state index is -3.11. The highest BCUT2D eigenvalue weighted by molar-refractivity contribution is 7.14. The standard InChI is InChI=1S/C9H9F2NO3S/c1-2-15-9(14)5-3-4-16-8(5)12-7(13)6(10)11/h3-4,6H,2H2,1H3,(H,12,13). The van der Waals surface area contributed by atoms with E-state index in [-0.39, 0.29) is 17.2 Å². The largest absolute Gasteiger partial charge is 0.462 e. The van der Waals surface area contributed by atoms with Crippen LogP contribution in [-0.4, -0.2) is 24.9 Å². The fourth-order valence-electron chi connectivity index (χ4n) is 0.942. The maximum Gasteiger partial charge on any atom is 0.341 e. The molecule has 0 aromatic carbocycles. The lowest BCUT2D eigenvalue weighted by molar-refractivity contribution is -0.126. The fourth-order valence-corrected chi connectivity index (χ4v) is 1.72. The summed E-state index contributed by atoms with van der Waals surface area (Å²) in [6.45, 7) is 1.80. The number of rotatable bonds is 4. The molecule has 88 valence electrons. The van der Waals surface area contributed by atoms with E-state index >= 15 is 0 Å². The summed E-state index contributed by atoms with van der Waals surface area (Å²) in [4.78, 5) is 22.1. The zero-order valence-corrected chi connectivity index (χ0v) is 9.14. The third-order valence-electron chi connectivity index (χ3n) is 1.60. The van der Waals surface area contributed by atoms with Crippen LogP contribution in [0.2, 0.25) is 0 Å². The van der Waals surface area contributed by atoms with Gasteiger partial charge in [-0.25, -0.2) is 4.79 Å². The molecule has 0 bridgehead atoms. The Morgan fingerprint density at radius 1 is 1.56 bits per heavy atom. The average Bonchev–Trinajstić information content (AvgIpc) is 2.66. The van der Waals surface area contributed by atoms with Gasteiger partial charge in [-0.3, -0.25) is 4.79 Å². The normalized spacial score (nSPS) is 10.2. The summed E-state index contributed by atoms with van der Waals surface area (Å²) < 4.78 is 28.7. The van der Waals surface area contributed by atoms with Crippen molar-refractivity contribution in [1.29, 1.82) is 0 Å². The van der Waals surface area contributed by atoms with Gasteiger partial charge < -0.3 is 10.1 Å². The lowest BCUT2D eigenvalue weighted by Gasteiger charge is -2.04. The Morgan fingerprint density at radius 2 is 2.25 bits per heavy atom. The van der Waals surface area contributed by atoms with Crippen molar-refractivity contribution < 1.29 is 23.1 Å². The first-order chi connectivity index (χ1) is 7.56. The molecule has 1 aromatic rings. The fraction of sp³-hybridized carbons (Fsp3) is 0.333. The van der Waals surface area contributed by atoms with Crippen molar-refractivity contribution >= 4 is 28.2 Å². The molecule has 1 amide bonds. The molecule has 0 atom stereocenters. The van der Waals surface area contributed by atoms with Gasteiger partial charge in [0.1, 0.15) is 5.00 Å². The summed E-state index contributed by atoms with van der Waals surface area (Å²) in [6.07, 6.45) is -3.11. The van der Waals surface area contributed by atoms with Crippen LogP contribution < -0.4 is 5.32 Å². The number of halogens is 2. The second-order valence-corrected chi connectivity index (χ2v) is 3.59. The van der Waals surface area contributed by atoms with Gasteiger partial charge in [0.05, 0.1) is 12.2 Å². The Kier molecular flexibility index (Phi) is 4.36. The Balaban J connectivity index is 2.78. The Hall–Kier alpha value is -1.50. The molecule has 1 rings (SSSR count). The summed E-state index contributed by atoms with van der Waals surface area (Å²) in [5, 5.41) is 3.54. The molecular weight excluding hydrogens is 240 g/mol. The number of amides is 1. The number of anilines is 1. The summed E-state index contributed by atoms with van der Waals surface area (Å²) in [7, 11) is 0. The van der Waals surface area contributed by atoms with Crippen molar-refractivity contribution in [3.63, 3.8) is 0 Å². The summed E-state index contributed by atoms with van der Waals surface area (Å²) in [6, 6.07) is 1.41. The molecule has 16 heavy (non-hydrogen) atoms. The van der Waals surface area contributed by atoms with Gasteiger partial charge in [-0.15, -0.1) is 11.3 Å². The second kappa shape index (κ2) is 5.55. The van der Waals surface area contributed by atoms with Gasteiger partial charge in [0.25, 0.3) is 5.91 Å². The van der Waals surface area contributed by atoms with Gasteiger partial charge in [-0.05, 0) is 18.4 Å². The van der Waals surface area contributed by atoms with E-state index in [1.807, 2.05) is 5.32 Å². The van der Waals surface area contributed by atoms with Gasteiger partial charge in [-0.1, -0.05) is 0 Å². The average molecular weight is 249 g/mol. The van der Waals surface area contributed by atoms with Crippen LogP contribution in [0.15, 0.2) is 11.4 Å². The number of thiophene rings is 1. The van der Waals surface area contributed by atoms with Gasteiger partial charge in [0, 0.05) is 0 Å². The van der Waals surface area contributed by atoms with E-state index in [9.17, 15) is 18.4 Å². The highest BCUT2D eigenvalue weighted by Gasteiger charge is 2.20. The maximum absolute atomic E-state index is 12.0. The highest BCUT2D eigenvalue weighted by atomic mass is 32.1. The topological polar surface area (TPSA) is 55.4 Å². The van der Waals surface area contributed by atoms with Crippen LogP contribution >= 0.6 is 11.3 Å². The molecule has 0 saturated heterocycles. The quantitative estimate of drug-likeness (QED) is 0.831. The van der Waals surface area contributed by atoms with Crippen LogP contribution in [-0.2, 0) is 9.53 Å². The number of carbonyl (C=O) groups is 2. The van der Waals surface area contributed by atoms with Crippen LogP contribution in [0.1, 0.15) is 17.3 Å². The molecule has 7 heteroatoms. The summed E-state index contributed by atoms with van der Waals surface area (Å²) in [5.74, 6) is -2.08. The summed E-state index contributed by atoms with van der Waals surface area (Å²) in [5.41, 5.74) is 0.0841. The number of esters is 1. The van der Waals surface area contributed by atoms with Crippen LogP contribution in [0.3, 0.4) is 0 Å². The lowest BCUT2D eigenvalue weighted by atomic mass is 10.3. The highest BCUT2D eigenvalue weighted by Crippen LogP contribution is 2.24. The van der Waals surface area contributed by atoms with Crippen LogP contribution in [0.5, 0.6) is 0 Å². The molecule has 0 saturated carbocycles. The Morgan fingerprint density at radius 3 is 2.81 bits per heavy atom. The van der Waals surface area contributed by atoms with E-state index in [0.717, 1.165) is 11.3 Å². The van der Waals surface area contributed by atoms with Crippen LogP contribution in [0.4, 0.5) is 13.8 Å². The van der Waals surface area contributed by atoms with E-state index in [1.54, 1.807) is 6.92 Å². The third-order valence-corrected chi connectivity index (χ3v) is 2.43. The summed E-state index contributed by atoms with van der Waals surface area (Å²) >= 11 is 0.983. The van der Waals surface area contributed by atoms with Gasteiger partial charge in [0.2, 0.25) is 0 Å². The first-order valence-electron chi connectivity index (χ1n) is 4.40. The van der Waals surface area contributed by atoms with Crippen LogP contribution in [0.25, 0.3) is 0 Å². The third kappa shape index (κ3) is 2.99. The zero-order valence-electron chi connectivity index (χ0n) is 8.33. The molecule has 0 aliphatic heterocycles. The zero-order chi connectivity index (χ0) is 12.1. The molecule has 0 aliphatic carbocycles. The SMILES string of the molecule is CCOC(=O)c1ccsc1NC(=O)C(F)F. The van der Waals surface area contributed by atoms with Crippen LogP contribution in [0, 0.1) is 0 Å². The molecule has 1 N–H and O–H groups in total. The number of nitrogens with one attached hydrogen (secondary N) is 1. The predicted octanol–water partition coefficient (Wildman–Crippen LogP) is 2.13. The monoisotopic (exact) mass is 249 g/mol. The molecule has 1 aromatic heterocycles. The van der Waals surface area contributed by atoms with E-state index < -0.39 is 18.3 Å². The molecule has 1 heterocycles. The van der Waals surface area contributed by atoms with Crippen molar-refractivity contribution in [2.75, 3.05) is 11.9 Å². The molecule has 4 nitrogen and oxygen atoms in total.